The first-order valence-electron chi connectivity index (χ1n) is 12.0. The van der Waals surface area contributed by atoms with Crippen molar-refractivity contribution >= 4 is 40.0 Å². The molecular formula is C25H28FN5O4S. The summed E-state index contributed by atoms with van der Waals surface area (Å²) in [7, 11) is 3.38. The highest BCUT2D eigenvalue weighted by molar-refractivity contribution is 7.13. The first-order chi connectivity index (χ1) is 17.3. The first kappa shape index (κ1) is 24.4. The van der Waals surface area contributed by atoms with E-state index in [1.165, 1.54) is 30.6 Å². The quantitative estimate of drug-likeness (QED) is 0.452. The molecule has 2 aromatic heterocycles. The number of nitrogens with one attached hydrogen (secondary N) is 3. The number of hydrogen-bond acceptors (Lipinski definition) is 7. The van der Waals surface area contributed by atoms with E-state index in [2.05, 4.69) is 25.5 Å². The fourth-order valence-electron chi connectivity index (χ4n) is 5.01. The zero-order valence-electron chi connectivity index (χ0n) is 20.1. The molecule has 1 fully saturated rings. The third-order valence-corrected chi connectivity index (χ3v) is 8.04. The first-order valence-corrected chi connectivity index (χ1v) is 12.8. The van der Waals surface area contributed by atoms with E-state index in [1.807, 2.05) is 7.05 Å². The van der Waals surface area contributed by atoms with Gasteiger partial charge >= 0.3 is 5.97 Å². The Morgan fingerprint density at radius 1 is 1.17 bits per heavy atom. The summed E-state index contributed by atoms with van der Waals surface area (Å²) in [5.41, 5.74) is 1.91. The van der Waals surface area contributed by atoms with Crippen LogP contribution in [0.5, 0.6) is 0 Å². The Morgan fingerprint density at radius 2 is 1.97 bits per heavy atom. The van der Waals surface area contributed by atoms with Gasteiger partial charge in [-0.25, -0.2) is 9.37 Å². The molecule has 1 aromatic carbocycles. The van der Waals surface area contributed by atoms with Crippen molar-refractivity contribution in [3.63, 3.8) is 0 Å². The van der Waals surface area contributed by atoms with E-state index in [0.717, 1.165) is 30.1 Å². The zero-order chi connectivity index (χ0) is 25.4. The number of likely N-dealkylation sites (N-methyl/N-ethyl adjacent to an activating group) is 1. The van der Waals surface area contributed by atoms with Crippen molar-refractivity contribution in [1.82, 2.24) is 25.5 Å². The Hall–Kier alpha value is -3.31. The van der Waals surface area contributed by atoms with Crippen LogP contribution in [0.1, 0.15) is 50.1 Å². The summed E-state index contributed by atoms with van der Waals surface area (Å²) in [6.07, 6.45) is 2.16. The lowest BCUT2D eigenvalue weighted by molar-refractivity contribution is -0.146. The number of amides is 2. The van der Waals surface area contributed by atoms with Crippen molar-refractivity contribution < 1.29 is 23.5 Å². The Kier molecular flexibility index (Phi) is 6.76. The summed E-state index contributed by atoms with van der Waals surface area (Å²) < 4.78 is 18.5. The lowest BCUT2D eigenvalue weighted by atomic mass is 9.82. The van der Waals surface area contributed by atoms with E-state index in [9.17, 15) is 18.8 Å². The molecule has 3 N–H and O–H groups in total. The fourth-order valence-corrected chi connectivity index (χ4v) is 6.10. The smallest absolute Gasteiger partial charge is 0.308 e. The Labute approximate surface area is 211 Å². The SMILES string of the molecule is COC(=O)[C@@H]1CC[C@H](NC(=O)c2cc3cc(F)ccc3[nH]2)[C@H](NC(=O)c2nc3c(s2)CN(C)CC3)C1. The molecule has 1 aliphatic heterocycles. The number of carbonyl (C=O) groups is 3. The summed E-state index contributed by atoms with van der Waals surface area (Å²) in [5.74, 6) is -1.76. The van der Waals surface area contributed by atoms with Crippen LogP contribution >= 0.6 is 11.3 Å². The number of H-pyrrole nitrogens is 1. The highest BCUT2D eigenvalue weighted by Crippen LogP contribution is 2.28. The maximum atomic E-state index is 13.6. The number of aromatic amines is 1. The molecule has 0 unspecified atom stereocenters. The van der Waals surface area contributed by atoms with Gasteiger partial charge in [-0.05, 0) is 50.6 Å². The Balaban J connectivity index is 1.33. The number of esters is 1. The molecule has 0 saturated heterocycles. The normalized spacial score (nSPS) is 22.1. The van der Waals surface area contributed by atoms with Crippen LogP contribution in [0.25, 0.3) is 10.9 Å². The zero-order valence-corrected chi connectivity index (χ0v) is 20.9. The van der Waals surface area contributed by atoms with Gasteiger partial charge in [0.2, 0.25) is 0 Å². The number of methoxy groups -OCH3 is 1. The molecular weight excluding hydrogens is 485 g/mol. The minimum absolute atomic E-state index is 0.299. The molecule has 11 heteroatoms. The topological polar surface area (TPSA) is 116 Å². The molecule has 36 heavy (non-hydrogen) atoms. The number of fused-ring (bicyclic) bond motifs is 2. The van der Waals surface area contributed by atoms with Gasteiger partial charge in [0.05, 0.1) is 24.8 Å². The van der Waals surface area contributed by atoms with Gasteiger partial charge in [-0.3, -0.25) is 14.4 Å². The van der Waals surface area contributed by atoms with Crippen LogP contribution in [0, 0.1) is 11.7 Å². The van der Waals surface area contributed by atoms with Crippen molar-refractivity contribution in [3.8, 4) is 0 Å². The predicted molar refractivity (Wildman–Crippen MR) is 132 cm³/mol. The van der Waals surface area contributed by atoms with Gasteiger partial charge in [0.25, 0.3) is 11.8 Å². The maximum Gasteiger partial charge on any atom is 0.308 e. The summed E-state index contributed by atoms with van der Waals surface area (Å²) in [5, 5.41) is 7.00. The monoisotopic (exact) mass is 513 g/mol. The van der Waals surface area contributed by atoms with Crippen molar-refractivity contribution in [2.45, 2.75) is 44.3 Å². The Bertz CT molecular complexity index is 1320. The molecule has 1 saturated carbocycles. The van der Waals surface area contributed by atoms with Crippen LogP contribution < -0.4 is 10.6 Å². The second kappa shape index (κ2) is 9.98. The summed E-state index contributed by atoms with van der Waals surface area (Å²) in [6, 6.07) is 4.99. The number of carbonyl (C=O) groups excluding carboxylic acids is 3. The van der Waals surface area contributed by atoms with Crippen molar-refractivity contribution in [2.75, 3.05) is 20.7 Å². The number of rotatable bonds is 5. The number of ether oxygens (including phenoxy) is 1. The van der Waals surface area contributed by atoms with Crippen molar-refractivity contribution in [2.24, 2.45) is 5.92 Å². The average molecular weight is 514 g/mol. The van der Waals surface area contributed by atoms with E-state index in [1.54, 1.807) is 12.1 Å². The van der Waals surface area contributed by atoms with E-state index in [4.69, 9.17) is 4.74 Å². The molecule has 5 rings (SSSR count). The van der Waals surface area contributed by atoms with E-state index in [-0.39, 0.29) is 29.5 Å². The van der Waals surface area contributed by atoms with Gasteiger partial charge in [-0.2, -0.15) is 0 Å². The summed E-state index contributed by atoms with van der Waals surface area (Å²) in [6.45, 7) is 1.66. The minimum atomic E-state index is -0.482. The number of thiazole rings is 1. The second-order valence-electron chi connectivity index (χ2n) is 9.48. The highest BCUT2D eigenvalue weighted by Gasteiger charge is 2.37. The number of nitrogens with zero attached hydrogens (tertiary/aromatic N) is 2. The number of hydrogen-bond donors (Lipinski definition) is 3. The summed E-state index contributed by atoms with van der Waals surface area (Å²) >= 11 is 1.38. The van der Waals surface area contributed by atoms with Crippen LogP contribution in [0.4, 0.5) is 4.39 Å². The van der Waals surface area contributed by atoms with E-state index in [0.29, 0.717) is 40.9 Å². The molecule has 3 atom stereocenters. The van der Waals surface area contributed by atoms with Crippen molar-refractivity contribution in [1.29, 1.82) is 0 Å². The molecule has 190 valence electrons. The van der Waals surface area contributed by atoms with Gasteiger partial charge in [0, 0.05) is 41.3 Å². The maximum absolute atomic E-state index is 13.6. The van der Waals surface area contributed by atoms with Crippen LogP contribution in [0.3, 0.4) is 0 Å². The molecule has 1 aliphatic carbocycles. The van der Waals surface area contributed by atoms with Crippen LogP contribution in [-0.4, -0.2) is 65.4 Å². The highest BCUT2D eigenvalue weighted by atomic mass is 32.1. The Morgan fingerprint density at radius 3 is 2.78 bits per heavy atom. The predicted octanol–water partition coefficient (Wildman–Crippen LogP) is 2.62. The molecule has 3 heterocycles. The van der Waals surface area contributed by atoms with Crippen molar-refractivity contribution in [3.05, 3.63) is 51.4 Å². The third-order valence-electron chi connectivity index (χ3n) is 6.96. The van der Waals surface area contributed by atoms with Gasteiger partial charge in [0.1, 0.15) is 11.5 Å². The molecule has 3 aromatic rings. The largest absolute Gasteiger partial charge is 0.469 e. The molecule has 2 amide bonds. The van der Waals surface area contributed by atoms with Gasteiger partial charge in [-0.1, -0.05) is 0 Å². The molecule has 0 bridgehead atoms. The average Bonchev–Trinajstić information content (AvgIpc) is 3.48. The molecule has 2 aliphatic rings. The molecule has 0 radical (unpaired) electrons. The van der Waals surface area contributed by atoms with Crippen LogP contribution in [-0.2, 0) is 22.5 Å². The number of halogens is 1. The molecule has 0 spiro atoms. The fraction of sp³-hybridized carbons (Fsp3) is 0.440. The second-order valence-corrected chi connectivity index (χ2v) is 10.6. The molecule has 9 nitrogen and oxygen atoms in total. The lowest BCUT2D eigenvalue weighted by Crippen LogP contribution is -2.55. The number of aromatic nitrogens is 2. The van der Waals surface area contributed by atoms with Gasteiger partial charge in [0.15, 0.2) is 5.01 Å². The minimum Gasteiger partial charge on any atom is -0.469 e. The van der Waals surface area contributed by atoms with Gasteiger partial charge in [-0.15, -0.1) is 11.3 Å². The third kappa shape index (κ3) is 4.98. The van der Waals surface area contributed by atoms with Crippen LogP contribution in [0.2, 0.25) is 0 Å². The van der Waals surface area contributed by atoms with E-state index < -0.39 is 12.1 Å². The van der Waals surface area contributed by atoms with Gasteiger partial charge < -0.3 is 25.3 Å². The standard InChI is InChI=1S/C25H28FN5O4S/c1-31-8-7-18-21(12-31)36-24(30-18)23(33)29-19-10-13(25(34)35-2)3-5-17(19)28-22(32)20-11-14-9-15(26)4-6-16(14)27-20/h4,6,9,11,13,17,19,27H,3,5,7-8,10,12H2,1-2H3,(H,28,32)(H,29,33)/t13-,17+,19-/m1/s1. The number of benzene rings is 1. The lowest BCUT2D eigenvalue weighted by Gasteiger charge is -2.35. The summed E-state index contributed by atoms with van der Waals surface area (Å²) in [4.78, 5) is 49.3. The van der Waals surface area contributed by atoms with Crippen LogP contribution in [0.15, 0.2) is 24.3 Å². The van der Waals surface area contributed by atoms with E-state index >= 15 is 0 Å².